The van der Waals surface area contributed by atoms with Gasteiger partial charge in [-0.15, -0.1) is 0 Å². The van der Waals surface area contributed by atoms with Gasteiger partial charge in [-0.1, -0.05) is 12.1 Å². The predicted molar refractivity (Wildman–Crippen MR) is 64.9 cm³/mol. The molecule has 0 aliphatic carbocycles. The molecule has 0 saturated heterocycles. The van der Waals surface area contributed by atoms with Crippen molar-refractivity contribution in [1.82, 2.24) is 0 Å². The molecule has 0 heterocycles. The molecule has 1 unspecified atom stereocenters. The molecule has 5 nitrogen and oxygen atoms in total. The Hall–Kier alpha value is -1.72. The zero-order valence-corrected chi connectivity index (χ0v) is 9.90. The molecule has 0 spiro atoms. The Kier molecular flexibility index (Phi) is 4.81. The third-order valence-corrected chi connectivity index (χ3v) is 2.22. The summed E-state index contributed by atoms with van der Waals surface area (Å²) in [5.41, 5.74) is 6.66. The molecule has 17 heavy (non-hydrogen) atoms. The quantitative estimate of drug-likeness (QED) is 0.741. The Labute approximate surface area is 99.9 Å². The average molecular weight is 236 g/mol. The number of rotatable bonds is 5. The largest absolute Gasteiger partial charge is 0.383 e. The smallest absolute Gasteiger partial charge is 0.243 e. The van der Waals surface area contributed by atoms with Crippen molar-refractivity contribution in [2.45, 2.75) is 13.0 Å². The first-order chi connectivity index (χ1) is 8.04. The number of nitrogens with two attached hydrogens (primary N) is 1. The Bertz CT molecular complexity index is 418. The number of benzene rings is 1. The van der Waals surface area contributed by atoms with Gasteiger partial charge in [0.1, 0.15) is 6.04 Å². The molecule has 0 aromatic heterocycles. The zero-order chi connectivity index (χ0) is 12.8. The molecule has 1 atom stereocenters. The van der Waals surface area contributed by atoms with Crippen LogP contribution in [0.1, 0.15) is 17.3 Å². The van der Waals surface area contributed by atoms with E-state index in [0.717, 1.165) is 0 Å². The van der Waals surface area contributed by atoms with Crippen LogP contribution in [0.15, 0.2) is 24.3 Å². The summed E-state index contributed by atoms with van der Waals surface area (Å²) in [5, 5.41) is 2.63. The van der Waals surface area contributed by atoms with Crippen LogP contribution in [0.5, 0.6) is 0 Å². The molecule has 0 aliphatic heterocycles. The van der Waals surface area contributed by atoms with Gasteiger partial charge in [0.25, 0.3) is 0 Å². The van der Waals surface area contributed by atoms with Gasteiger partial charge in [-0.25, -0.2) is 0 Å². The number of carbonyl (C=O) groups excluding carboxylic acids is 2. The Morgan fingerprint density at radius 3 is 2.76 bits per heavy atom. The lowest BCUT2D eigenvalue weighted by Crippen LogP contribution is -2.39. The monoisotopic (exact) mass is 236 g/mol. The first-order valence-corrected chi connectivity index (χ1v) is 5.21. The van der Waals surface area contributed by atoms with Crippen molar-refractivity contribution in [3.05, 3.63) is 29.8 Å². The van der Waals surface area contributed by atoms with E-state index in [0.29, 0.717) is 11.3 Å². The number of nitrogens with one attached hydrogen (secondary N) is 1. The van der Waals surface area contributed by atoms with E-state index in [9.17, 15) is 9.59 Å². The van der Waals surface area contributed by atoms with Gasteiger partial charge in [-0.05, 0) is 19.1 Å². The minimum absolute atomic E-state index is 0.0534. The zero-order valence-electron chi connectivity index (χ0n) is 9.90. The molecule has 0 fully saturated rings. The lowest BCUT2D eigenvalue weighted by molar-refractivity contribution is -0.118. The van der Waals surface area contributed by atoms with Crippen molar-refractivity contribution in [3.63, 3.8) is 0 Å². The van der Waals surface area contributed by atoms with Gasteiger partial charge in [0.2, 0.25) is 5.91 Å². The van der Waals surface area contributed by atoms with Crippen molar-refractivity contribution in [2.24, 2.45) is 5.73 Å². The van der Waals surface area contributed by atoms with Crippen LogP contribution in [0.25, 0.3) is 0 Å². The van der Waals surface area contributed by atoms with Gasteiger partial charge in [0.05, 0.1) is 6.61 Å². The van der Waals surface area contributed by atoms with E-state index in [1.54, 1.807) is 24.3 Å². The van der Waals surface area contributed by atoms with Gasteiger partial charge in [0, 0.05) is 18.4 Å². The fraction of sp³-hybridized carbons (Fsp3) is 0.333. The van der Waals surface area contributed by atoms with E-state index >= 15 is 0 Å². The lowest BCUT2D eigenvalue weighted by Gasteiger charge is -2.11. The highest BCUT2D eigenvalue weighted by atomic mass is 16.5. The highest BCUT2D eigenvalue weighted by Gasteiger charge is 2.13. The molecule has 1 rings (SSSR count). The summed E-state index contributed by atoms with van der Waals surface area (Å²) in [7, 11) is 1.48. The molecule has 0 aliphatic rings. The van der Waals surface area contributed by atoms with Crippen LogP contribution in [-0.4, -0.2) is 31.4 Å². The summed E-state index contributed by atoms with van der Waals surface area (Å²) in [6.45, 7) is 1.62. The first-order valence-electron chi connectivity index (χ1n) is 5.21. The van der Waals surface area contributed by atoms with E-state index in [1.807, 2.05) is 0 Å². The Morgan fingerprint density at radius 2 is 2.18 bits per heavy atom. The molecule has 1 aromatic rings. The summed E-state index contributed by atoms with van der Waals surface area (Å²) in [6.07, 6.45) is 0. The summed E-state index contributed by atoms with van der Waals surface area (Å²) in [6, 6.07) is 5.98. The third kappa shape index (κ3) is 3.97. The van der Waals surface area contributed by atoms with Crippen LogP contribution in [-0.2, 0) is 9.53 Å². The van der Waals surface area contributed by atoms with Gasteiger partial charge >= 0.3 is 0 Å². The topological polar surface area (TPSA) is 81.4 Å². The molecule has 1 amide bonds. The van der Waals surface area contributed by atoms with E-state index in [1.165, 1.54) is 14.0 Å². The maximum absolute atomic E-state index is 11.6. The van der Waals surface area contributed by atoms with Crippen molar-refractivity contribution >= 4 is 17.4 Å². The van der Waals surface area contributed by atoms with E-state index in [2.05, 4.69) is 5.32 Å². The van der Waals surface area contributed by atoms with Crippen molar-refractivity contribution in [3.8, 4) is 0 Å². The van der Waals surface area contributed by atoms with Gasteiger partial charge in [0.15, 0.2) is 5.78 Å². The van der Waals surface area contributed by atoms with Crippen molar-refractivity contribution in [1.29, 1.82) is 0 Å². The lowest BCUT2D eigenvalue weighted by atomic mass is 10.1. The first kappa shape index (κ1) is 13.3. The normalized spacial score (nSPS) is 11.9. The van der Waals surface area contributed by atoms with Gasteiger partial charge < -0.3 is 15.8 Å². The number of amides is 1. The second kappa shape index (κ2) is 6.12. The molecule has 1 aromatic carbocycles. The summed E-state index contributed by atoms with van der Waals surface area (Å²) < 4.78 is 4.78. The SMILES string of the molecule is COCC(N)C(=O)Nc1cccc(C(C)=O)c1. The highest BCUT2D eigenvalue weighted by Crippen LogP contribution is 2.11. The molecule has 3 N–H and O–H groups in total. The fourth-order valence-corrected chi connectivity index (χ4v) is 1.31. The minimum Gasteiger partial charge on any atom is -0.383 e. The number of methoxy groups -OCH3 is 1. The van der Waals surface area contributed by atoms with Gasteiger partial charge in [-0.2, -0.15) is 0 Å². The highest BCUT2D eigenvalue weighted by molar-refractivity contribution is 5.98. The number of anilines is 1. The standard InChI is InChI=1S/C12H16N2O3/c1-8(15)9-4-3-5-10(6-9)14-12(16)11(13)7-17-2/h3-6,11H,7,13H2,1-2H3,(H,14,16). The van der Waals surface area contributed by atoms with E-state index in [-0.39, 0.29) is 18.3 Å². The predicted octanol–water partition coefficient (Wildman–Crippen LogP) is 0.801. The van der Waals surface area contributed by atoms with E-state index < -0.39 is 6.04 Å². The number of carbonyl (C=O) groups is 2. The third-order valence-electron chi connectivity index (χ3n) is 2.22. The summed E-state index contributed by atoms with van der Waals surface area (Å²) in [5.74, 6) is -0.394. The van der Waals surface area contributed by atoms with Crippen LogP contribution >= 0.6 is 0 Å². The number of Topliss-reactive ketones (excluding diaryl/α,β-unsaturated/α-hetero) is 1. The van der Waals surface area contributed by atoms with Crippen LogP contribution in [0.2, 0.25) is 0 Å². The Morgan fingerprint density at radius 1 is 1.47 bits per heavy atom. The summed E-state index contributed by atoms with van der Waals surface area (Å²) >= 11 is 0. The number of ketones is 1. The number of ether oxygens (including phenoxy) is 1. The molecule has 0 radical (unpaired) electrons. The second-order valence-electron chi connectivity index (χ2n) is 3.69. The van der Waals surface area contributed by atoms with Crippen molar-refractivity contribution < 1.29 is 14.3 Å². The average Bonchev–Trinajstić information content (AvgIpc) is 2.29. The molecular weight excluding hydrogens is 220 g/mol. The molecule has 5 heteroatoms. The van der Waals surface area contributed by atoms with Crippen molar-refractivity contribution in [2.75, 3.05) is 19.0 Å². The van der Waals surface area contributed by atoms with E-state index in [4.69, 9.17) is 10.5 Å². The van der Waals surface area contributed by atoms with Crippen LogP contribution < -0.4 is 11.1 Å². The van der Waals surface area contributed by atoms with Gasteiger partial charge in [-0.3, -0.25) is 9.59 Å². The number of hydrogen-bond donors (Lipinski definition) is 2. The fourth-order valence-electron chi connectivity index (χ4n) is 1.31. The molecule has 0 saturated carbocycles. The van der Waals surface area contributed by atoms with Crippen LogP contribution in [0.3, 0.4) is 0 Å². The molecule has 0 bridgehead atoms. The Balaban J connectivity index is 2.71. The minimum atomic E-state index is -0.721. The number of hydrogen-bond acceptors (Lipinski definition) is 4. The van der Waals surface area contributed by atoms with Crippen LogP contribution in [0.4, 0.5) is 5.69 Å². The maximum atomic E-state index is 11.6. The second-order valence-corrected chi connectivity index (χ2v) is 3.69. The molecule has 92 valence electrons. The molecular formula is C12H16N2O3. The maximum Gasteiger partial charge on any atom is 0.243 e. The van der Waals surface area contributed by atoms with Crippen LogP contribution in [0, 0.1) is 0 Å². The summed E-state index contributed by atoms with van der Waals surface area (Å²) in [4.78, 5) is 22.7.